The Morgan fingerprint density at radius 1 is 1.08 bits per heavy atom. The van der Waals surface area contributed by atoms with Crippen LogP contribution in [0.2, 0.25) is 5.02 Å². The zero-order valence-corrected chi connectivity index (χ0v) is 16.3. The molecule has 2 rings (SSSR count). The molecule has 0 aliphatic carbocycles. The van der Waals surface area contributed by atoms with Crippen LogP contribution >= 0.6 is 11.6 Å². The summed E-state index contributed by atoms with van der Waals surface area (Å²) in [5.74, 6) is -0.0566. The quantitative estimate of drug-likeness (QED) is 0.681. The third-order valence-corrected chi connectivity index (χ3v) is 5.34. The molecule has 5 nitrogen and oxygen atoms in total. The maximum absolute atomic E-state index is 13.1. The predicted molar refractivity (Wildman–Crippen MR) is 103 cm³/mol. The van der Waals surface area contributed by atoms with Gasteiger partial charge in [0.15, 0.2) is 0 Å². The lowest BCUT2D eigenvalue weighted by atomic mass is 10.2. The minimum absolute atomic E-state index is 0.0220. The highest BCUT2D eigenvalue weighted by atomic mass is 35.5. The number of sulfonamides is 1. The Hall–Kier alpha value is -2.31. The van der Waals surface area contributed by atoms with Gasteiger partial charge in [0.25, 0.3) is 15.9 Å². The zero-order valence-electron chi connectivity index (χ0n) is 14.8. The SMILES string of the molecule is CCOc1ccc(N(C(=O)C=C(C)C)S(=O)(=O)c2ccc(Cl)cc2)cc1. The summed E-state index contributed by atoms with van der Waals surface area (Å²) in [6.45, 7) is 5.79. The molecule has 0 fully saturated rings. The fourth-order valence-electron chi connectivity index (χ4n) is 2.25. The van der Waals surface area contributed by atoms with Crippen LogP contribution < -0.4 is 9.04 Å². The molecule has 0 N–H and O–H groups in total. The van der Waals surface area contributed by atoms with Gasteiger partial charge >= 0.3 is 0 Å². The molecule has 138 valence electrons. The third kappa shape index (κ3) is 4.65. The molecular formula is C19H20ClNO4S. The van der Waals surface area contributed by atoms with Gasteiger partial charge in [-0.05, 0) is 69.3 Å². The summed E-state index contributed by atoms with van der Waals surface area (Å²) >= 11 is 5.84. The van der Waals surface area contributed by atoms with Crippen LogP contribution in [-0.2, 0) is 14.8 Å². The molecule has 0 atom stereocenters. The Balaban J connectivity index is 2.55. The van der Waals surface area contributed by atoms with E-state index in [4.69, 9.17) is 16.3 Å². The van der Waals surface area contributed by atoms with E-state index in [2.05, 4.69) is 0 Å². The van der Waals surface area contributed by atoms with Crippen molar-refractivity contribution in [1.82, 2.24) is 0 Å². The first-order valence-electron chi connectivity index (χ1n) is 7.98. The van der Waals surface area contributed by atoms with Crippen molar-refractivity contribution in [2.24, 2.45) is 0 Å². The molecule has 0 radical (unpaired) electrons. The van der Waals surface area contributed by atoms with Crippen LogP contribution in [0.3, 0.4) is 0 Å². The number of amides is 1. The van der Waals surface area contributed by atoms with Crippen molar-refractivity contribution in [3.8, 4) is 5.75 Å². The largest absolute Gasteiger partial charge is 0.494 e. The van der Waals surface area contributed by atoms with Crippen LogP contribution in [0.15, 0.2) is 65.1 Å². The summed E-state index contributed by atoms with van der Waals surface area (Å²) in [6.07, 6.45) is 1.28. The Bertz CT molecular complexity index is 900. The van der Waals surface area contributed by atoms with Crippen molar-refractivity contribution in [3.63, 3.8) is 0 Å². The van der Waals surface area contributed by atoms with Gasteiger partial charge in [-0.1, -0.05) is 17.2 Å². The van der Waals surface area contributed by atoms with Crippen molar-refractivity contribution in [3.05, 3.63) is 65.2 Å². The molecule has 2 aromatic rings. The van der Waals surface area contributed by atoms with Gasteiger partial charge in [-0.15, -0.1) is 0 Å². The maximum Gasteiger partial charge on any atom is 0.271 e. The second-order valence-electron chi connectivity index (χ2n) is 5.71. The van der Waals surface area contributed by atoms with Gasteiger partial charge in [0.05, 0.1) is 17.2 Å². The van der Waals surface area contributed by atoms with E-state index in [1.807, 2.05) is 6.92 Å². The summed E-state index contributed by atoms with van der Waals surface area (Å²) in [6, 6.07) is 12.0. The Kier molecular flexibility index (Phi) is 6.45. The lowest BCUT2D eigenvalue weighted by Crippen LogP contribution is -2.36. The first kappa shape index (κ1) is 20.0. The highest BCUT2D eigenvalue weighted by Gasteiger charge is 2.30. The first-order chi connectivity index (χ1) is 12.3. The molecule has 0 saturated carbocycles. The van der Waals surface area contributed by atoms with E-state index in [1.54, 1.807) is 26.0 Å². The second kappa shape index (κ2) is 8.38. The summed E-state index contributed by atoms with van der Waals surface area (Å²) < 4.78 is 32.3. The highest BCUT2D eigenvalue weighted by Crippen LogP contribution is 2.27. The van der Waals surface area contributed by atoms with E-state index in [1.165, 1.54) is 42.5 Å². The Morgan fingerprint density at radius 3 is 2.15 bits per heavy atom. The topological polar surface area (TPSA) is 63.7 Å². The van der Waals surface area contributed by atoms with Gasteiger partial charge in [-0.25, -0.2) is 8.42 Å². The summed E-state index contributed by atoms with van der Waals surface area (Å²) in [7, 11) is -4.10. The molecule has 0 aliphatic rings. The van der Waals surface area contributed by atoms with Crippen LogP contribution in [0.5, 0.6) is 5.75 Å². The van der Waals surface area contributed by atoms with Crippen molar-refractivity contribution < 1.29 is 17.9 Å². The van der Waals surface area contributed by atoms with Gasteiger partial charge in [0, 0.05) is 11.1 Å². The molecule has 1 amide bonds. The zero-order chi connectivity index (χ0) is 19.3. The highest BCUT2D eigenvalue weighted by molar-refractivity contribution is 7.93. The number of benzene rings is 2. The standard InChI is InChI=1S/C19H20ClNO4S/c1-4-25-17-9-7-16(8-10-17)21(19(22)13-14(2)3)26(23,24)18-11-5-15(20)6-12-18/h5-13H,4H2,1-3H3. The first-order valence-corrected chi connectivity index (χ1v) is 9.80. The Morgan fingerprint density at radius 2 is 1.65 bits per heavy atom. The normalized spacial score (nSPS) is 10.9. The number of rotatable bonds is 6. The van der Waals surface area contributed by atoms with Gasteiger partial charge in [-0.3, -0.25) is 4.79 Å². The lowest BCUT2D eigenvalue weighted by Gasteiger charge is -2.22. The molecule has 26 heavy (non-hydrogen) atoms. The predicted octanol–water partition coefficient (Wildman–Crippen LogP) is 4.43. The number of anilines is 1. The minimum atomic E-state index is -4.10. The number of allylic oxidation sites excluding steroid dienone is 1. The van der Waals surface area contributed by atoms with E-state index in [0.29, 0.717) is 23.0 Å². The van der Waals surface area contributed by atoms with Crippen LogP contribution in [0.25, 0.3) is 0 Å². The number of hydrogen-bond donors (Lipinski definition) is 0. The van der Waals surface area contributed by atoms with Crippen LogP contribution in [0.4, 0.5) is 5.69 Å². The van der Waals surface area contributed by atoms with Gasteiger partial charge in [0.1, 0.15) is 5.75 Å². The molecule has 0 aromatic heterocycles. The van der Waals surface area contributed by atoms with Crippen LogP contribution in [0.1, 0.15) is 20.8 Å². The van der Waals surface area contributed by atoms with E-state index >= 15 is 0 Å². The van der Waals surface area contributed by atoms with Crippen LogP contribution in [-0.4, -0.2) is 20.9 Å². The number of hydrogen-bond acceptors (Lipinski definition) is 4. The fraction of sp³-hybridized carbons (Fsp3) is 0.211. The summed E-state index contributed by atoms with van der Waals surface area (Å²) in [5.41, 5.74) is 0.920. The van der Waals surface area contributed by atoms with Crippen LogP contribution in [0, 0.1) is 0 Å². The van der Waals surface area contributed by atoms with Crippen molar-refractivity contribution >= 4 is 33.2 Å². The summed E-state index contributed by atoms with van der Waals surface area (Å²) in [5, 5.41) is 0.409. The number of ether oxygens (including phenoxy) is 1. The molecule has 0 spiro atoms. The molecule has 7 heteroatoms. The average molecular weight is 394 g/mol. The number of carbonyl (C=O) groups excluding carboxylic acids is 1. The molecular weight excluding hydrogens is 374 g/mol. The van der Waals surface area contributed by atoms with Crippen molar-refractivity contribution in [1.29, 1.82) is 0 Å². The van der Waals surface area contributed by atoms with E-state index < -0.39 is 15.9 Å². The average Bonchev–Trinajstić information content (AvgIpc) is 2.56. The minimum Gasteiger partial charge on any atom is -0.494 e. The Labute approximate surface area is 158 Å². The van der Waals surface area contributed by atoms with Gasteiger partial charge < -0.3 is 4.74 Å². The monoisotopic (exact) mass is 393 g/mol. The number of halogens is 1. The molecule has 0 saturated heterocycles. The van der Waals surface area contributed by atoms with E-state index in [9.17, 15) is 13.2 Å². The van der Waals surface area contributed by atoms with Gasteiger partial charge in [-0.2, -0.15) is 4.31 Å². The third-order valence-electron chi connectivity index (χ3n) is 3.35. The molecule has 0 bridgehead atoms. The van der Waals surface area contributed by atoms with E-state index in [-0.39, 0.29) is 10.6 Å². The van der Waals surface area contributed by atoms with E-state index in [0.717, 1.165) is 4.31 Å². The lowest BCUT2D eigenvalue weighted by molar-refractivity contribution is -0.113. The second-order valence-corrected chi connectivity index (χ2v) is 7.93. The van der Waals surface area contributed by atoms with Gasteiger partial charge in [0.2, 0.25) is 0 Å². The molecule has 0 heterocycles. The smallest absolute Gasteiger partial charge is 0.271 e. The molecule has 0 aliphatic heterocycles. The number of nitrogens with zero attached hydrogens (tertiary/aromatic N) is 1. The number of carbonyl (C=O) groups is 1. The molecule has 0 unspecified atom stereocenters. The van der Waals surface area contributed by atoms with Crippen molar-refractivity contribution in [2.45, 2.75) is 25.7 Å². The maximum atomic E-state index is 13.1. The summed E-state index contributed by atoms with van der Waals surface area (Å²) in [4.78, 5) is 12.6. The fourth-order valence-corrected chi connectivity index (χ4v) is 3.75. The van der Waals surface area contributed by atoms with Crippen molar-refractivity contribution in [2.75, 3.05) is 10.9 Å². The molecule has 2 aromatic carbocycles.